The summed E-state index contributed by atoms with van der Waals surface area (Å²) in [5, 5.41) is 3.58. The van der Waals surface area contributed by atoms with Crippen LogP contribution in [-0.4, -0.2) is 38.1 Å². The SMILES string of the molecule is CCOC(=O)C1CCCCCCCCC[C@H]([C@H](CN=[N+]=[N-])OC)C1=O. The molecule has 1 rings (SSSR count). The third kappa shape index (κ3) is 7.45. The van der Waals surface area contributed by atoms with Crippen LogP contribution in [0.25, 0.3) is 10.4 Å². The lowest BCUT2D eigenvalue weighted by Gasteiger charge is -2.27. The van der Waals surface area contributed by atoms with E-state index in [1.54, 1.807) is 6.92 Å². The number of hydrogen-bond acceptors (Lipinski definition) is 5. The van der Waals surface area contributed by atoms with Gasteiger partial charge in [0.25, 0.3) is 0 Å². The van der Waals surface area contributed by atoms with E-state index < -0.39 is 23.9 Å². The standard InChI is InChI=1S/C18H31N3O4/c1-3-25-18(23)15-12-10-8-6-4-5-7-9-11-14(17(15)22)16(24-2)13-20-21-19/h14-16H,3-13H2,1-2H3/t14-,15?,16+/m1/s1. The molecule has 1 aliphatic rings. The van der Waals surface area contributed by atoms with Gasteiger partial charge in [-0.15, -0.1) is 0 Å². The lowest BCUT2D eigenvalue weighted by molar-refractivity contribution is -0.154. The second kappa shape index (κ2) is 12.7. The van der Waals surface area contributed by atoms with Gasteiger partial charge in [-0.25, -0.2) is 0 Å². The van der Waals surface area contributed by atoms with Gasteiger partial charge in [-0.05, 0) is 25.3 Å². The van der Waals surface area contributed by atoms with Crippen LogP contribution in [0.3, 0.4) is 0 Å². The first-order chi connectivity index (χ1) is 12.2. The van der Waals surface area contributed by atoms with E-state index in [1.165, 1.54) is 13.5 Å². The third-order valence-electron chi connectivity index (χ3n) is 4.86. The molecule has 1 saturated carbocycles. The predicted octanol–water partition coefficient (Wildman–Crippen LogP) is 4.20. The molecule has 1 unspecified atom stereocenters. The molecule has 1 aliphatic carbocycles. The van der Waals surface area contributed by atoms with Gasteiger partial charge in [-0.3, -0.25) is 9.59 Å². The van der Waals surface area contributed by atoms with E-state index in [4.69, 9.17) is 15.0 Å². The molecule has 0 radical (unpaired) electrons. The van der Waals surface area contributed by atoms with Gasteiger partial charge in [-0.2, -0.15) is 0 Å². The molecule has 0 amide bonds. The van der Waals surface area contributed by atoms with Gasteiger partial charge in [0.2, 0.25) is 0 Å². The summed E-state index contributed by atoms with van der Waals surface area (Å²) in [4.78, 5) is 28.2. The van der Waals surface area contributed by atoms with Crippen molar-refractivity contribution in [1.82, 2.24) is 0 Å². The quantitative estimate of drug-likeness (QED) is 0.235. The van der Waals surface area contributed by atoms with Gasteiger partial charge in [0, 0.05) is 17.9 Å². The van der Waals surface area contributed by atoms with Crippen LogP contribution in [0.1, 0.15) is 64.7 Å². The number of nitrogens with zero attached hydrogens (tertiary/aromatic N) is 3. The molecule has 0 aliphatic heterocycles. The highest BCUT2D eigenvalue weighted by Crippen LogP contribution is 2.27. The van der Waals surface area contributed by atoms with Crippen molar-refractivity contribution in [3.63, 3.8) is 0 Å². The number of carbonyl (C=O) groups excluding carboxylic acids is 2. The van der Waals surface area contributed by atoms with Crippen molar-refractivity contribution in [3.8, 4) is 0 Å². The summed E-state index contributed by atoms with van der Waals surface area (Å²) in [6.07, 6.45) is 8.00. The molecule has 7 nitrogen and oxygen atoms in total. The van der Waals surface area contributed by atoms with Crippen LogP contribution < -0.4 is 0 Å². The summed E-state index contributed by atoms with van der Waals surface area (Å²) < 4.78 is 10.6. The van der Waals surface area contributed by atoms with Crippen molar-refractivity contribution >= 4 is 11.8 Å². The van der Waals surface area contributed by atoms with Gasteiger partial charge >= 0.3 is 5.97 Å². The Balaban J connectivity index is 3.00. The minimum Gasteiger partial charge on any atom is -0.465 e. The van der Waals surface area contributed by atoms with Crippen molar-refractivity contribution in [2.24, 2.45) is 17.0 Å². The number of Topliss-reactive ketones (excluding diaryl/α,β-unsaturated/α-hetero) is 1. The third-order valence-corrected chi connectivity index (χ3v) is 4.86. The van der Waals surface area contributed by atoms with Crippen molar-refractivity contribution in [2.75, 3.05) is 20.3 Å². The molecule has 7 heteroatoms. The Morgan fingerprint density at radius 2 is 1.80 bits per heavy atom. The summed E-state index contributed by atoms with van der Waals surface area (Å²) >= 11 is 0. The fourth-order valence-electron chi connectivity index (χ4n) is 3.47. The van der Waals surface area contributed by atoms with Crippen molar-refractivity contribution < 1.29 is 19.1 Å². The molecular weight excluding hydrogens is 322 g/mol. The van der Waals surface area contributed by atoms with Crippen LogP contribution in [0.15, 0.2) is 5.11 Å². The first-order valence-corrected chi connectivity index (χ1v) is 9.39. The van der Waals surface area contributed by atoms with E-state index in [0.29, 0.717) is 12.8 Å². The van der Waals surface area contributed by atoms with Gasteiger partial charge in [0.1, 0.15) is 5.92 Å². The zero-order valence-electron chi connectivity index (χ0n) is 15.5. The molecule has 0 aromatic heterocycles. The van der Waals surface area contributed by atoms with Gasteiger partial charge < -0.3 is 9.47 Å². The van der Waals surface area contributed by atoms with Crippen LogP contribution in [-0.2, 0) is 19.1 Å². The molecule has 1 fully saturated rings. The number of methoxy groups -OCH3 is 1. The Kier molecular flexibility index (Phi) is 10.9. The zero-order chi connectivity index (χ0) is 18.5. The first-order valence-electron chi connectivity index (χ1n) is 9.39. The van der Waals surface area contributed by atoms with Crippen LogP contribution in [0.4, 0.5) is 0 Å². The summed E-state index contributed by atoms with van der Waals surface area (Å²) in [5.41, 5.74) is 8.58. The van der Waals surface area contributed by atoms with Crippen LogP contribution in [0.2, 0.25) is 0 Å². The highest BCUT2D eigenvalue weighted by atomic mass is 16.5. The Morgan fingerprint density at radius 1 is 1.20 bits per heavy atom. The molecule has 3 atom stereocenters. The molecular formula is C18H31N3O4. The van der Waals surface area contributed by atoms with Crippen LogP contribution >= 0.6 is 0 Å². The monoisotopic (exact) mass is 353 g/mol. The van der Waals surface area contributed by atoms with Crippen LogP contribution in [0, 0.1) is 11.8 Å². The first kappa shape index (κ1) is 21.5. The number of hydrogen-bond donors (Lipinski definition) is 0. The normalized spacial score (nSPS) is 24.3. The lowest BCUT2D eigenvalue weighted by atomic mass is 9.82. The zero-order valence-corrected chi connectivity index (χ0v) is 15.5. The van der Waals surface area contributed by atoms with Crippen molar-refractivity contribution in [1.29, 1.82) is 0 Å². The summed E-state index contributed by atoms with van der Waals surface area (Å²) in [5.74, 6) is -1.75. The fraction of sp³-hybridized carbons (Fsp3) is 0.889. The van der Waals surface area contributed by atoms with Crippen molar-refractivity contribution in [2.45, 2.75) is 70.8 Å². The molecule has 0 saturated heterocycles. The number of azide groups is 1. The van der Waals surface area contributed by atoms with E-state index in [0.717, 1.165) is 38.5 Å². The molecule has 142 valence electrons. The number of carbonyl (C=O) groups is 2. The highest BCUT2D eigenvalue weighted by molar-refractivity contribution is 6.00. The largest absolute Gasteiger partial charge is 0.465 e. The van der Waals surface area contributed by atoms with Gasteiger partial charge in [0.15, 0.2) is 5.78 Å². The number of rotatable bonds is 6. The second-order valence-corrected chi connectivity index (χ2v) is 6.55. The number of ether oxygens (including phenoxy) is 2. The van der Waals surface area contributed by atoms with E-state index in [1.807, 2.05) is 0 Å². The van der Waals surface area contributed by atoms with Gasteiger partial charge in [0.05, 0.1) is 19.3 Å². The number of ketones is 1. The molecule has 25 heavy (non-hydrogen) atoms. The van der Waals surface area contributed by atoms with Crippen molar-refractivity contribution in [3.05, 3.63) is 10.4 Å². The predicted molar refractivity (Wildman–Crippen MR) is 95.0 cm³/mol. The van der Waals surface area contributed by atoms with E-state index in [-0.39, 0.29) is 18.9 Å². The average Bonchev–Trinajstić information content (AvgIpc) is 2.60. The molecule has 0 N–H and O–H groups in total. The van der Waals surface area contributed by atoms with E-state index in [9.17, 15) is 9.59 Å². The second-order valence-electron chi connectivity index (χ2n) is 6.55. The summed E-state index contributed by atoms with van der Waals surface area (Å²) in [6, 6.07) is 0. The Hall–Kier alpha value is -1.59. The summed E-state index contributed by atoms with van der Waals surface area (Å²) in [6.45, 7) is 2.10. The molecule has 0 aromatic rings. The molecule has 0 aromatic carbocycles. The fourth-order valence-corrected chi connectivity index (χ4v) is 3.47. The Bertz CT molecular complexity index is 463. The van der Waals surface area contributed by atoms with E-state index >= 15 is 0 Å². The maximum atomic E-state index is 13.1. The number of esters is 1. The maximum absolute atomic E-state index is 13.1. The van der Waals surface area contributed by atoms with Crippen LogP contribution in [0.5, 0.6) is 0 Å². The summed E-state index contributed by atoms with van der Waals surface area (Å²) in [7, 11) is 1.51. The minimum atomic E-state index is -0.743. The van der Waals surface area contributed by atoms with Gasteiger partial charge in [-0.1, -0.05) is 50.1 Å². The molecule has 0 heterocycles. The Morgan fingerprint density at radius 3 is 2.36 bits per heavy atom. The average molecular weight is 353 g/mol. The maximum Gasteiger partial charge on any atom is 0.316 e. The smallest absolute Gasteiger partial charge is 0.316 e. The molecule has 0 bridgehead atoms. The minimum absolute atomic E-state index is 0.0962. The Labute approximate surface area is 150 Å². The highest BCUT2D eigenvalue weighted by Gasteiger charge is 2.36. The van der Waals surface area contributed by atoms with E-state index in [2.05, 4.69) is 10.0 Å². The topological polar surface area (TPSA) is 101 Å². The lowest BCUT2D eigenvalue weighted by Crippen LogP contribution is -2.39. The molecule has 0 spiro atoms.